The number of ether oxygens (including phenoxy) is 3. The Hall–Kier alpha value is -3.94. The van der Waals surface area contributed by atoms with Crippen LogP contribution in [-0.4, -0.2) is 36.4 Å². The predicted octanol–water partition coefficient (Wildman–Crippen LogP) is 3.91. The molecule has 160 valence electrons. The van der Waals surface area contributed by atoms with Crippen LogP contribution in [-0.2, 0) is 11.3 Å². The molecule has 0 fully saturated rings. The Morgan fingerprint density at radius 3 is 2.35 bits per heavy atom. The summed E-state index contributed by atoms with van der Waals surface area (Å²) in [5, 5.41) is 4.19. The van der Waals surface area contributed by atoms with Gasteiger partial charge in [-0.2, -0.15) is 5.10 Å². The number of aryl methyl sites for hydroxylation is 2. The number of hydrogen-bond acceptors (Lipinski definition) is 8. The van der Waals surface area contributed by atoms with Crippen LogP contribution in [0.4, 0.5) is 5.95 Å². The van der Waals surface area contributed by atoms with E-state index in [0.29, 0.717) is 29.6 Å². The van der Waals surface area contributed by atoms with Crippen LogP contribution in [0.3, 0.4) is 0 Å². The van der Waals surface area contributed by atoms with Gasteiger partial charge in [0.2, 0.25) is 5.95 Å². The minimum Gasteiger partial charge on any atom is -0.493 e. The number of hydrazone groups is 1. The molecule has 0 aliphatic rings. The molecule has 0 bridgehead atoms. The predicted molar refractivity (Wildman–Crippen MR) is 118 cm³/mol. The normalized spacial score (nSPS) is 10.7. The van der Waals surface area contributed by atoms with Crippen molar-refractivity contribution in [3.05, 3.63) is 76.6 Å². The minimum absolute atomic E-state index is 0.330. The van der Waals surface area contributed by atoms with Gasteiger partial charge in [-0.3, -0.25) is 0 Å². The molecule has 8 nitrogen and oxygen atoms in total. The number of aromatic nitrogens is 2. The molecule has 0 aliphatic carbocycles. The van der Waals surface area contributed by atoms with Crippen molar-refractivity contribution in [3.63, 3.8) is 0 Å². The maximum atomic E-state index is 11.5. The molecule has 1 aromatic heterocycles. The number of rotatable bonds is 8. The first-order valence-electron chi connectivity index (χ1n) is 9.58. The summed E-state index contributed by atoms with van der Waals surface area (Å²) in [5.41, 5.74) is 6.80. The van der Waals surface area contributed by atoms with Crippen LogP contribution in [0.15, 0.2) is 53.6 Å². The van der Waals surface area contributed by atoms with Crippen LogP contribution >= 0.6 is 0 Å². The lowest BCUT2D eigenvalue weighted by atomic mass is 10.1. The SMILES string of the molecule is COC(=O)c1ccc(COc2ccc(/C=N\Nc3nc(C)cc(C)n3)cc2OC)cc1. The van der Waals surface area contributed by atoms with Gasteiger partial charge in [-0.15, -0.1) is 0 Å². The van der Waals surface area contributed by atoms with E-state index in [4.69, 9.17) is 14.2 Å². The Bertz CT molecular complexity index is 1060. The Balaban J connectivity index is 1.63. The van der Waals surface area contributed by atoms with E-state index < -0.39 is 0 Å². The van der Waals surface area contributed by atoms with Gasteiger partial charge in [-0.1, -0.05) is 12.1 Å². The molecule has 8 heteroatoms. The van der Waals surface area contributed by atoms with E-state index >= 15 is 0 Å². The molecule has 0 unspecified atom stereocenters. The fourth-order valence-corrected chi connectivity index (χ4v) is 2.84. The monoisotopic (exact) mass is 420 g/mol. The van der Waals surface area contributed by atoms with Crippen molar-refractivity contribution in [1.29, 1.82) is 0 Å². The molecule has 0 spiro atoms. The number of carbonyl (C=O) groups excluding carboxylic acids is 1. The average Bonchev–Trinajstić information content (AvgIpc) is 2.77. The van der Waals surface area contributed by atoms with Gasteiger partial charge < -0.3 is 14.2 Å². The fraction of sp³-hybridized carbons (Fsp3) is 0.217. The fourth-order valence-electron chi connectivity index (χ4n) is 2.84. The molecule has 1 N–H and O–H groups in total. The van der Waals surface area contributed by atoms with Gasteiger partial charge >= 0.3 is 5.97 Å². The van der Waals surface area contributed by atoms with Crippen LogP contribution < -0.4 is 14.9 Å². The largest absolute Gasteiger partial charge is 0.493 e. The second-order valence-electron chi connectivity index (χ2n) is 6.73. The first-order valence-corrected chi connectivity index (χ1v) is 9.58. The summed E-state index contributed by atoms with van der Waals surface area (Å²) in [6.45, 7) is 4.14. The molecule has 0 saturated heterocycles. The molecule has 0 amide bonds. The maximum absolute atomic E-state index is 11.5. The van der Waals surface area contributed by atoms with Crippen LogP contribution in [0.2, 0.25) is 0 Å². The minimum atomic E-state index is -0.370. The number of nitrogens with one attached hydrogen (secondary N) is 1. The molecule has 2 aromatic carbocycles. The molecule has 0 aliphatic heterocycles. The summed E-state index contributed by atoms with van der Waals surface area (Å²) >= 11 is 0. The van der Waals surface area contributed by atoms with Crippen LogP contribution in [0.25, 0.3) is 0 Å². The van der Waals surface area contributed by atoms with Gasteiger partial charge in [0.05, 0.1) is 26.0 Å². The van der Waals surface area contributed by atoms with E-state index in [1.54, 1.807) is 25.5 Å². The van der Waals surface area contributed by atoms with Crippen molar-refractivity contribution in [3.8, 4) is 11.5 Å². The summed E-state index contributed by atoms with van der Waals surface area (Å²) in [6, 6.07) is 14.4. The second-order valence-corrected chi connectivity index (χ2v) is 6.73. The Kier molecular flexibility index (Phi) is 7.16. The third-order valence-corrected chi connectivity index (χ3v) is 4.32. The molecular formula is C23H24N4O4. The van der Waals surface area contributed by atoms with E-state index in [1.807, 2.05) is 50.2 Å². The van der Waals surface area contributed by atoms with E-state index in [2.05, 4.69) is 20.5 Å². The quantitative estimate of drug-likeness (QED) is 0.335. The summed E-state index contributed by atoms with van der Waals surface area (Å²) in [6.07, 6.45) is 1.65. The van der Waals surface area contributed by atoms with Gasteiger partial charge in [0.25, 0.3) is 0 Å². The van der Waals surface area contributed by atoms with E-state index in [1.165, 1.54) is 7.11 Å². The van der Waals surface area contributed by atoms with E-state index in [0.717, 1.165) is 22.5 Å². The zero-order valence-electron chi connectivity index (χ0n) is 17.9. The molecule has 0 radical (unpaired) electrons. The molecule has 3 rings (SSSR count). The summed E-state index contributed by atoms with van der Waals surface area (Å²) in [4.78, 5) is 20.1. The number of carbonyl (C=O) groups is 1. The van der Waals surface area contributed by atoms with Crippen molar-refractivity contribution in [2.24, 2.45) is 5.10 Å². The number of hydrogen-bond donors (Lipinski definition) is 1. The Labute approximate surface area is 180 Å². The van der Waals surface area contributed by atoms with Gasteiger partial charge in [0.1, 0.15) is 6.61 Å². The van der Waals surface area contributed by atoms with Gasteiger partial charge in [0, 0.05) is 11.4 Å². The molecule has 3 aromatic rings. The summed E-state index contributed by atoms with van der Waals surface area (Å²) in [5.74, 6) is 1.25. The summed E-state index contributed by atoms with van der Waals surface area (Å²) in [7, 11) is 2.93. The third kappa shape index (κ3) is 6.02. The highest BCUT2D eigenvalue weighted by atomic mass is 16.5. The third-order valence-electron chi connectivity index (χ3n) is 4.32. The van der Waals surface area contributed by atoms with Gasteiger partial charge in [-0.05, 0) is 61.4 Å². The van der Waals surface area contributed by atoms with E-state index in [-0.39, 0.29) is 5.97 Å². The van der Waals surface area contributed by atoms with Gasteiger partial charge in [-0.25, -0.2) is 20.2 Å². The number of esters is 1. The molecule has 0 atom stereocenters. The molecule has 1 heterocycles. The summed E-state index contributed by atoms with van der Waals surface area (Å²) < 4.78 is 16.0. The average molecular weight is 420 g/mol. The van der Waals surface area contributed by atoms with Crippen molar-refractivity contribution >= 4 is 18.1 Å². The lowest BCUT2D eigenvalue weighted by molar-refractivity contribution is 0.0600. The lowest BCUT2D eigenvalue weighted by Crippen LogP contribution is -2.02. The zero-order chi connectivity index (χ0) is 22.2. The highest BCUT2D eigenvalue weighted by Gasteiger charge is 2.08. The van der Waals surface area contributed by atoms with E-state index in [9.17, 15) is 4.79 Å². The van der Waals surface area contributed by atoms with Crippen LogP contribution in [0, 0.1) is 13.8 Å². The standard InChI is InChI=1S/C23H24N4O4/c1-15-11-16(2)26-23(25-15)27-24-13-18-7-10-20(21(12-18)29-3)31-14-17-5-8-19(9-6-17)22(28)30-4/h5-13H,14H2,1-4H3,(H,25,26,27)/b24-13-. The Morgan fingerprint density at radius 1 is 1.00 bits per heavy atom. The zero-order valence-corrected chi connectivity index (χ0v) is 17.9. The maximum Gasteiger partial charge on any atom is 0.337 e. The molecule has 0 saturated carbocycles. The highest BCUT2D eigenvalue weighted by Crippen LogP contribution is 2.28. The Morgan fingerprint density at radius 2 is 1.71 bits per heavy atom. The first-order chi connectivity index (χ1) is 15.0. The first kappa shape index (κ1) is 21.8. The lowest BCUT2D eigenvalue weighted by Gasteiger charge is -2.11. The van der Waals surface area contributed by atoms with Gasteiger partial charge in [0.15, 0.2) is 11.5 Å². The number of anilines is 1. The molecular weight excluding hydrogens is 396 g/mol. The van der Waals surface area contributed by atoms with Crippen molar-refractivity contribution in [2.45, 2.75) is 20.5 Å². The van der Waals surface area contributed by atoms with Crippen LogP contribution in [0.5, 0.6) is 11.5 Å². The van der Waals surface area contributed by atoms with Crippen molar-refractivity contribution in [1.82, 2.24) is 9.97 Å². The van der Waals surface area contributed by atoms with Crippen molar-refractivity contribution < 1.29 is 19.0 Å². The number of nitrogens with zero attached hydrogens (tertiary/aromatic N) is 3. The second kappa shape index (κ2) is 10.2. The smallest absolute Gasteiger partial charge is 0.337 e. The number of methoxy groups -OCH3 is 2. The molecule has 31 heavy (non-hydrogen) atoms. The van der Waals surface area contributed by atoms with Crippen LogP contribution in [0.1, 0.15) is 32.9 Å². The highest BCUT2D eigenvalue weighted by molar-refractivity contribution is 5.89. The van der Waals surface area contributed by atoms with Crippen molar-refractivity contribution in [2.75, 3.05) is 19.6 Å². The topological polar surface area (TPSA) is 94.9 Å². The number of benzene rings is 2.